The minimum absolute atomic E-state index is 0.0128. The number of rotatable bonds is 6. The first-order valence-corrected chi connectivity index (χ1v) is 9.87. The highest BCUT2D eigenvalue weighted by Gasteiger charge is 2.26. The number of amides is 1. The van der Waals surface area contributed by atoms with Gasteiger partial charge in [0.2, 0.25) is 5.91 Å². The van der Waals surface area contributed by atoms with Crippen LogP contribution in [-0.2, 0) is 22.4 Å². The van der Waals surface area contributed by atoms with E-state index >= 15 is 0 Å². The highest BCUT2D eigenvalue weighted by atomic mass is 16.5. The number of likely N-dealkylation sites (N-methyl/N-ethyl adjacent to an activating group) is 1. The molecule has 1 aliphatic carbocycles. The van der Waals surface area contributed by atoms with Crippen molar-refractivity contribution in [3.05, 3.63) is 59.2 Å². The highest BCUT2D eigenvalue weighted by molar-refractivity contribution is 5.77. The van der Waals surface area contributed by atoms with E-state index in [0.717, 1.165) is 36.3 Å². The van der Waals surface area contributed by atoms with E-state index in [4.69, 9.17) is 14.2 Å². The monoisotopic (exact) mass is 381 g/mol. The summed E-state index contributed by atoms with van der Waals surface area (Å²) < 4.78 is 17.3. The van der Waals surface area contributed by atoms with Crippen molar-refractivity contribution in [1.82, 2.24) is 4.90 Å². The van der Waals surface area contributed by atoms with E-state index in [2.05, 4.69) is 24.3 Å². The Morgan fingerprint density at radius 3 is 2.54 bits per heavy atom. The number of ether oxygens (including phenoxy) is 3. The third-order valence-electron chi connectivity index (χ3n) is 5.75. The molecule has 1 fully saturated rings. The van der Waals surface area contributed by atoms with E-state index in [9.17, 15) is 4.79 Å². The molecule has 1 saturated heterocycles. The average molecular weight is 381 g/mol. The van der Waals surface area contributed by atoms with Gasteiger partial charge in [0.1, 0.15) is 12.7 Å². The van der Waals surface area contributed by atoms with Crippen LogP contribution in [0.5, 0.6) is 11.5 Å². The summed E-state index contributed by atoms with van der Waals surface area (Å²) in [6.45, 7) is 1.32. The predicted molar refractivity (Wildman–Crippen MR) is 107 cm³/mol. The van der Waals surface area contributed by atoms with Crippen molar-refractivity contribution in [3.63, 3.8) is 0 Å². The predicted octanol–water partition coefficient (Wildman–Crippen LogP) is 3.41. The molecule has 0 radical (unpaired) electrons. The van der Waals surface area contributed by atoms with E-state index in [1.54, 1.807) is 19.1 Å². The van der Waals surface area contributed by atoms with Crippen molar-refractivity contribution in [2.24, 2.45) is 5.92 Å². The lowest BCUT2D eigenvalue weighted by Gasteiger charge is -2.30. The number of nitrogens with zero attached hydrogens (tertiary/aromatic N) is 1. The van der Waals surface area contributed by atoms with Gasteiger partial charge in [-0.25, -0.2) is 0 Å². The number of hydrogen-bond acceptors (Lipinski definition) is 4. The molecule has 0 N–H and O–H groups in total. The smallest absolute Gasteiger partial charge is 0.248 e. The van der Waals surface area contributed by atoms with Crippen LogP contribution < -0.4 is 9.47 Å². The molecule has 2 aromatic carbocycles. The molecule has 1 unspecified atom stereocenters. The molecule has 5 nitrogen and oxygen atoms in total. The van der Waals surface area contributed by atoms with Crippen molar-refractivity contribution < 1.29 is 19.0 Å². The zero-order valence-electron chi connectivity index (χ0n) is 16.5. The van der Waals surface area contributed by atoms with Crippen LogP contribution in [0, 0.1) is 5.92 Å². The molecular weight excluding hydrogens is 354 g/mol. The van der Waals surface area contributed by atoms with Crippen LogP contribution in [0.15, 0.2) is 42.5 Å². The first kappa shape index (κ1) is 18.8. The van der Waals surface area contributed by atoms with Crippen molar-refractivity contribution >= 4 is 5.91 Å². The summed E-state index contributed by atoms with van der Waals surface area (Å²) in [5, 5.41) is 0. The van der Waals surface area contributed by atoms with Gasteiger partial charge in [-0.2, -0.15) is 0 Å². The normalized spacial score (nSPS) is 19.6. The van der Waals surface area contributed by atoms with Gasteiger partial charge in [0.25, 0.3) is 0 Å². The molecule has 0 saturated carbocycles. The minimum atomic E-state index is -0.139. The van der Waals surface area contributed by atoms with Crippen LogP contribution in [0.2, 0.25) is 0 Å². The molecule has 5 heteroatoms. The molecule has 2 aliphatic rings. The molecule has 0 spiro atoms. The Morgan fingerprint density at radius 2 is 1.86 bits per heavy atom. The first-order valence-electron chi connectivity index (χ1n) is 9.87. The summed E-state index contributed by atoms with van der Waals surface area (Å²) in [7, 11) is 3.46. The van der Waals surface area contributed by atoms with Gasteiger partial charge in [-0.05, 0) is 54.0 Å². The molecular formula is C23H27NO4. The van der Waals surface area contributed by atoms with Gasteiger partial charge in [-0.1, -0.05) is 30.3 Å². The van der Waals surface area contributed by atoms with Crippen LogP contribution in [0.3, 0.4) is 0 Å². The molecule has 2 aromatic rings. The summed E-state index contributed by atoms with van der Waals surface area (Å²) in [6, 6.07) is 14.6. The lowest BCUT2D eigenvalue weighted by molar-refractivity contribution is -0.147. The Labute approximate surface area is 166 Å². The molecule has 0 aromatic heterocycles. The molecule has 1 atom stereocenters. The highest BCUT2D eigenvalue weighted by Crippen LogP contribution is 2.34. The van der Waals surface area contributed by atoms with Gasteiger partial charge >= 0.3 is 0 Å². The van der Waals surface area contributed by atoms with Gasteiger partial charge in [0.05, 0.1) is 20.3 Å². The lowest BCUT2D eigenvalue weighted by Crippen LogP contribution is -2.40. The zero-order valence-corrected chi connectivity index (χ0v) is 16.5. The van der Waals surface area contributed by atoms with E-state index in [0.29, 0.717) is 19.1 Å². The van der Waals surface area contributed by atoms with Gasteiger partial charge in [-0.15, -0.1) is 0 Å². The zero-order chi connectivity index (χ0) is 19.5. The number of benzene rings is 2. The average Bonchev–Trinajstić information content (AvgIpc) is 3.13. The Kier molecular flexibility index (Phi) is 5.53. The van der Waals surface area contributed by atoms with Crippen LogP contribution in [0.25, 0.3) is 0 Å². The van der Waals surface area contributed by atoms with Gasteiger partial charge < -0.3 is 19.1 Å². The van der Waals surface area contributed by atoms with Crippen molar-refractivity contribution in [2.75, 3.05) is 33.9 Å². The Bertz CT molecular complexity index is 825. The Hall–Kier alpha value is -2.53. The fourth-order valence-electron chi connectivity index (χ4n) is 4.08. The van der Waals surface area contributed by atoms with E-state index in [-0.39, 0.29) is 18.6 Å². The number of carbonyl (C=O) groups excluding carboxylic acids is 1. The van der Waals surface area contributed by atoms with Gasteiger partial charge in [0, 0.05) is 7.05 Å². The fraction of sp³-hybridized carbons (Fsp3) is 0.435. The lowest BCUT2D eigenvalue weighted by atomic mass is 10.0. The van der Waals surface area contributed by atoms with E-state index in [1.807, 2.05) is 18.2 Å². The van der Waals surface area contributed by atoms with E-state index in [1.165, 1.54) is 11.1 Å². The number of fused-ring (bicyclic) bond motifs is 1. The van der Waals surface area contributed by atoms with Crippen LogP contribution in [0.1, 0.15) is 29.2 Å². The van der Waals surface area contributed by atoms with Crippen LogP contribution in [0.4, 0.5) is 0 Å². The molecule has 28 heavy (non-hydrogen) atoms. The van der Waals surface area contributed by atoms with Crippen molar-refractivity contribution in [3.8, 4) is 11.5 Å². The minimum Gasteiger partial charge on any atom is -0.493 e. The Morgan fingerprint density at radius 1 is 1.11 bits per heavy atom. The molecule has 1 aliphatic heterocycles. The largest absolute Gasteiger partial charge is 0.493 e. The summed E-state index contributed by atoms with van der Waals surface area (Å²) in [5.41, 5.74) is 3.95. The Balaban J connectivity index is 1.38. The number of methoxy groups -OCH3 is 1. The maximum absolute atomic E-state index is 11.6. The van der Waals surface area contributed by atoms with Gasteiger partial charge in [-0.3, -0.25) is 4.79 Å². The second-order valence-corrected chi connectivity index (χ2v) is 7.66. The first-order chi connectivity index (χ1) is 13.6. The third-order valence-corrected chi connectivity index (χ3v) is 5.75. The van der Waals surface area contributed by atoms with Crippen molar-refractivity contribution in [2.45, 2.75) is 25.4 Å². The summed E-state index contributed by atoms with van der Waals surface area (Å²) in [6.07, 6.45) is 3.14. The maximum Gasteiger partial charge on any atom is 0.248 e. The van der Waals surface area contributed by atoms with Gasteiger partial charge in [0.15, 0.2) is 11.5 Å². The SMILES string of the molecule is COc1ccc(C2CN(C)C(=O)CO2)cc1OCCC1Cc2ccccc2C1. The molecule has 0 bridgehead atoms. The second-order valence-electron chi connectivity index (χ2n) is 7.66. The second kappa shape index (κ2) is 8.23. The fourth-order valence-corrected chi connectivity index (χ4v) is 4.08. The topological polar surface area (TPSA) is 48.0 Å². The molecule has 1 heterocycles. The summed E-state index contributed by atoms with van der Waals surface area (Å²) in [5.74, 6) is 2.10. The summed E-state index contributed by atoms with van der Waals surface area (Å²) in [4.78, 5) is 13.3. The number of morpholine rings is 1. The van der Waals surface area contributed by atoms with Crippen molar-refractivity contribution in [1.29, 1.82) is 0 Å². The summed E-state index contributed by atoms with van der Waals surface area (Å²) >= 11 is 0. The number of carbonyl (C=O) groups is 1. The molecule has 148 valence electrons. The quantitative estimate of drug-likeness (QED) is 0.769. The maximum atomic E-state index is 11.6. The van der Waals surface area contributed by atoms with Crippen LogP contribution >= 0.6 is 0 Å². The third kappa shape index (κ3) is 3.99. The standard InChI is InChI=1S/C23H27NO4/c1-24-14-22(28-15-23(24)25)19-7-8-20(26-2)21(13-19)27-10-9-16-11-17-5-3-4-6-18(17)12-16/h3-8,13,16,22H,9-12,14-15H2,1-2H3. The number of hydrogen-bond donors (Lipinski definition) is 0. The molecule has 1 amide bonds. The van der Waals surface area contributed by atoms with Crippen LogP contribution in [-0.4, -0.2) is 44.7 Å². The van der Waals surface area contributed by atoms with E-state index < -0.39 is 0 Å². The molecule has 4 rings (SSSR count).